The van der Waals surface area contributed by atoms with Crippen molar-refractivity contribution in [1.29, 1.82) is 0 Å². The molecule has 1 atom stereocenters. The first-order valence-corrected chi connectivity index (χ1v) is 9.34. The number of carbonyl (C=O) groups is 1. The number of amides is 1. The van der Waals surface area contributed by atoms with Gasteiger partial charge in [-0.2, -0.15) is 0 Å². The molecule has 0 bridgehead atoms. The highest BCUT2D eigenvalue weighted by Crippen LogP contribution is 2.28. The molecule has 9 heteroatoms. The topological polar surface area (TPSA) is 111 Å². The van der Waals surface area contributed by atoms with Crippen molar-refractivity contribution in [1.82, 2.24) is 10.2 Å². The number of benzene rings is 2. The fraction of sp³-hybridized carbons (Fsp3) is 0.211. The number of nitrogens with one attached hydrogen (secondary N) is 1. The number of anilines is 1. The Labute approximate surface area is 165 Å². The summed E-state index contributed by atoms with van der Waals surface area (Å²) in [4.78, 5) is 22.9. The average molecular weight is 398 g/mol. The molecule has 0 unspecified atom stereocenters. The second-order valence-corrected chi connectivity index (χ2v) is 7.54. The molecule has 0 saturated carbocycles. The fourth-order valence-electron chi connectivity index (χ4n) is 2.52. The molecule has 0 saturated heterocycles. The van der Waals surface area contributed by atoms with Gasteiger partial charge in [-0.15, -0.1) is 10.2 Å². The molecular weight excluding hydrogens is 380 g/mol. The lowest BCUT2D eigenvalue weighted by atomic mass is 10.1. The predicted molar refractivity (Wildman–Crippen MR) is 106 cm³/mol. The third kappa shape index (κ3) is 4.55. The van der Waals surface area contributed by atoms with E-state index in [2.05, 4.69) is 15.5 Å². The molecule has 1 heterocycles. The summed E-state index contributed by atoms with van der Waals surface area (Å²) in [5, 5.41) is 21.4. The maximum Gasteiger partial charge on any atom is 0.277 e. The zero-order valence-corrected chi connectivity index (χ0v) is 16.3. The zero-order chi connectivity index (χ0) is 20.3. The quantitative estimate of drug-likeness (QED) is 0.372. The number of rotatable bonds is 6. The van der Waals surface area contributed by atoms with Crippen LogP contribution in [0.1, 0.15) is 18.1 Å². The highest BCUT2D eigenvalue weighted by molar-refractivity contribution is 8.00. The summed E-state index contributed by atoms with van der Waals surface area (Å²) >= 11 is 1.12. The van der Waals surface area contributed by atoms with Crippen molar-refractivity contribution < 1.29 is 14.1 Å². The summed E-state index contributed by atoms with van der Waals surface area (Å²) in [6.45, 7) is 5.66. The lowest BCUT2D eigenvalue weighted by molar-refractivity contribution is -0.384. The first-order chi connectivity index (χ1) is 13.3. The average Bonchev–Trinajstić information content (AvgIpc) is 3.12. The van der Waals surface area contributed by atoms with Gasteiger partial charge in [0.1, 0.15) is 0 Å². The van der Waals surface area contributed by atoms with Gasteiger partial charge in [0.2, 0.25) is 11.8 Å². The van der Waals surface area contributed by atoms with Crippen LogP contribution in [0.5, 0.6) is 0 Å². The molecule has 0 aliphatic carbocycles. The van der Waals surface area contributed by atoms with Gasteiger partial charge in [-0.25, -0.2) is 0 Å². The van der Waals surface area contributed by atoms with Crippen molar-refractivity contribution in [3.8, 4) is 11.5 Å². The van der Waals surface area contributed by atoms with E-state index in [4.69, 9.17) is 4.42 Å². The Morgan fingerprint density at radius 1 is 1.21 bits per heavy atom. The minimum Gasteiger partial charge on any atom is -0.411 e. The molecule has 0 aliphatic rings. The number of nitro benzene ring substituents is 1. The highest BCUT2D eigenvalue weighted by Gasteiger charge is 2.20. The van der Waals surface area contributed by atoms with Crippen LogP contribution < -0.4 is 5.32 Å². The molecule has 0 aliphatic heterocycles. The lowest BCUT2D eigenvalue weighted by Crippen LogP contribution is -2.22. The second kappa shape index (κ2) is 8.22. The van der Waals surface area contributed by atoms with Crippen molar-refractivity contribution in [3.63, 3.8) is 0 Å². The van der Waals surface area contributed by atoms with E-state index in [0.717, 1.165) is 28.6 Å². The van der Waals surface area contributed by atoms with Crippen LogP contribution in [-0.2, 0) is 4.79 Å². The molecule has 0 fully saturated rings. The zero-order valence-electron chi connectivity index (χ0n) is 15.5. The van der Waals surface area contributed by atoms with Crippen molar-refractivity contribution >= 4 is 29.0 Å². The van der Waals surface area contributed by atoms with Crippen LogP contribution in [0, 0.1) is 24.0 Å². The molecule has 144 valence electrons. The molecule has 1 N–H and O–H groups in total. The number of thioether (sulfide) groups is 1. The van der Waals surface area contributed by atoms with Gasteiger partial charge in [-0.05, 0) is 38.5 Å². The molecule has 28 heavy (non-hydrogen) atoms. The van der Waals surface area contributed by atoms with Gasteiger partial charge in [0.15, 0.2) is 0 Å². The Hall–Kier alpha value is -3.20. The van der Waals surface area contributed by atoms with E-state index in [1.807, 2.05) is 32.0 Å². The standard InChI is InChI=1S/C19H18N4O4S/c1-11-7-8-16(12(2)9-11)20-17(24)13(3)28-19-22-21-18(27-19)14-5-4-6-15(10-14)23(25)26/h4-10,13H,1-3H3,(H,20,24)/t13-/m1/s1. The largest absolute Gasteiger partial charge is 0.411 e. The van der Waals surface area contributed by atoms with Gasteiger partial charge in [0, 0.05) is 23.4 Å². The third-order valence-corrected chi connectivity index (χ3v) is 4.93. The molecule has 3 rings (SSSR count). The SMILES string of the molecule is Cc1ccc(NC(=O)[C@@H](C)Sc2nnc(-c3cccc([N+](=O)[O-])c3)o2)c(C)c1. The Balaban J connectivity index is 1.68. The van der Waals surface area contributed by atoms with Gasteiger partial charge in [0.25, 0.3) is 10.9 Å². The number of nitro groups is 1. The highest BCUT2D eigenvalue weighted by atomic mass is 32.2. The maximum absolute atomic E-state index is 12.5. The van der Waals surface area contributed by atoms with Crippen LogP contribution in [-0.4, -0.2) is 26.3 Å². The molecule has 8 nitrogen and oxygen atoms in total. The Morgan fingerprint density at radius 3 is 2.71 bits per heavy atom. The van der Waals surface area contributed by atoms with E-state index in [0.29, 0.717) is 5.56 Å². The van der Waals surface area contributed by atoms with Crippen molar-refractivity contribution in [2.24, 2.45) is 0 Å². The number of hydrogen-bond donors (Lipinski definition) is 1. The molecule has 2 aromatic carbocycles. The smallest absolute Gasteiger partial charge is 0.277 e. The monoisotopic (exact) mass is 398 g/mol. The van der Waals surface area contributed by atoms with E-state index in [-0.39, 0.29) is 22.7 Å². The predicted octanol–water partition coefficient (Wildman–Crippen LogP) is 4.38. The summed E-state index contributed by atoms with van der Waals surface area (Å²) < 4.78 is 5.55. The van der Waals surface area contributed by atoms with Crippen molar-refractivity contribution in [3.05, 3.63) is 63.7 Å². The summed E-state index contributed by atoms with van der Waals surface area (Å²) in [6, 6.07) is 11.7. The first-order valence-electron chi connectivity index (χ1n) is 8.46. The van der Waals surface area contributed by atoms with Crippen LogP contribution in [0.3, 0.4) is 0 Å². The van der Waals surface area contributed by atoms with Crippen LogP contribution >= 0.6 is 11.8 Å². The molecule has 3 aromatic rings. The molecule has 0 spiro atoms. The Bertz CT molecular complexity index is 1030. The second-order valence-electron chi connectivity index (χ2n) is 6.25. The van der Waals surface area contributed by atoms with E-state index in [1.165, 1.54) is 12.1 Å². The summed E-state index contributed by atoms with van der Waals surface area (Å²) in [6.07, 6.45) is 0. The normalized spacial score (nSPS) is 11.8. The van der Waals surface area contributed by atoms with E-state index >= 15 is 0 Å². The number of nitrogens with zero attached hydrogens (tertiary/aromatic N) is 3. The van der Waals surface area contributed by atoms with Crippen LogP contribution in [0.15, 0.2) is 52.1 Å². The summed E-state index contributed by atoms with van der Waals surface area (Å²) in [7, 11) is 0. The molecule has 0 radical (unpaired) electrons. The Morgan fingerprint density at radius 2 is 2.00 bits per heavy atom. The number of non-ortho nitro benzene ring substituents is 1. The number of carbonyl (C=O) groups excluding carboxylic acids is 1. The van der Waals surface area contributed by atoms with E-state index < -0.39 is 10.2 Å². The van der Waals surface area contributed by atoms with Crippen molar-refractivity contribution in [2.75, 3.05) is 5.32 Å². The molecule has 1 aromatic heterocycles. The lowest BCUT2D eigenvalue weighted by Gasteiger charge is -2.12. The summed E-state index contributed by atoms with van der Waals surface area (Å²) in [5.74, 6) is -0.0276. The number of hydrogen-bond acceptors (Lipinski definition) is 7. The number of aromatic nitrogens is 2. The van der Waals surface area contributed by atoms with Crippen LogP contribution in [0.4, 0.5) is 11.4 Å². The van der Waals surface area contributed by atoms with Gasteiger partial charge in [0.05, 0.1) is 10.2 Å². The Kier molecular flexibility index (Phi) is 5.74. The molecule has 1 amide bonds. The minimum absolute atomic E-state index is 0.0638. The van der Waals surface area contributed by atoms with Gasteiger partial charge >= 0.3 is 0 Å². The first kappa shape index (κ1) is 19.6. The molecular formula is C19H18N4O4S. The number of aryl methyl sites for hydroxylation is 2. The maximum atomic E-state index is 12.5. The fourth-order valence-corrected chi connectivity index (χ4v) is 3.20. The third-order valence-electron chi connectivity index (χ3n) is 4.00. The van der Waals surface area contributed by atoms with Crippen LogP contribution in [0.25, 0.3) is 11.5 Å². The van der Waals surface area contributed by atoms with Crippen molar-refractivity contribution in [2.45, 2.75) is 31.2 Å². The van der Waals surface area contributed by atoms with E-state index in [1.54, 1.807) is 19.1 Å². The summed E-state index contributed by atoms with van der Waals surface area (Å²) in [5.41, 5.74) is 3.24. The van der Waals surface area contributed by atoms with E-state index in [9.17, 15) is 14.9 Å². The van der Waals surface area contributed by atoms with Gasteiger partial charge < -0.3 is 9.73 Å². The minimum atomic E-state index is -0.491. The van der Waals surface area contributed by atoms with Crippen LogP contribution in [0.2, 0.25) is 0 Å². The van der Waals surface area contributed by atoms with Gasteiger partial charge in [-0.3, -0.25) is 14.9 Å². The van der Waals surface area contributed by atoms with Gasteiger partial charge in [-0.1, -0.05) is 35.5 Å².